The predicted octanol–water partition coefficient (Wildman–Crippen LogP) is 0.833. The van der Waals surface area contributed by atoms with E-state index < -0.39 is 12.0 Å². The third-order valence-corrected chi connectivity index (χ3v) is 3.76. The SMILES string of the molecule is CCC(C)[C@H](NC(=O)N1CCCN(C)CC1)C(=O)O. The van der Waals surface area contributed by atoms with Gasteiger partial charge in [0.2, 0.25) is 0 Å². The Morgan fingerprint density at radius 1 is 1.26 bits per heavy atom. The molecule has 1 aliphatic rings. The molecule has 1 rings (SSSR count). The maximum absolute atomic E-state index is 12.1. The van der Waals surface area contributed by atoms with Crippen molar-refractivity contribution in [1.82, 2.24) is 15.1 Å². The lowest BCUT2D eigenvalue weighted by molar-refractivity contribution is -0.140. The number of aliphatic carboxylic acids is 1. The molecule has 6 heteroatoms. The summed E-state index contributed by atoms with van der Waals surface area (Å²) in [4.78, 5) is 27.2. The summed E-state index contributed by atoms with van der Waals surface area (Å²) in [7, 11) is 2.03. The van der Waals surface area contributed by atoms with E-state index in [1.54, 1.807) is 4.90 Å². The zero-order chi connectivity index (χ0) is 14.4. The zero-order valence-electron chi connectivity index (χ0n) is 12.1. The van der Waals surface area contributed by atoms with Crippen molar-refractivity contribution >= 4 is 12.0 Å². The van der Waals surface area contributed by atoms with Gasteiger partial charge in [-0.1, -0.05) is 20.3 Å². The van der Waals surface area contributed by atoms with E-state index >= 15 is 0 Å². The van der Waals surface area contributed by atoms with E-state index in [4.69, 9.17) is 0 Å². The number of likely N-dealkylation sites (N-methyl/N-ethyl adjacent to an activating group) is 1. The van der Waals surface area contributed by atoms with Crippen LogP contribution < -0.4 is 5.32 Å². The molecule has 0 spiro atoms. The summed E-state index contributed by atoms with van der Waals surface area (Å²) in [6, 6.07) is -1.07. The average molecular weight is 271 g/mol. The molecule has 19 heavy (non-hydrogen) atoms. The molecule has 6 nitrogen and oxygen atoms in total. The first-order valence-corrected chi connectivity index (χ1v) is 6.92. The first-order chi connectivity index (χ1) is 8.95. The Kier molecular flexibility index (Phi) is 6.08. The molecule has 0 radical (unpaired) electrons. The van der Waals surface area contributed by atoms with Crippen molar-refractivity contribution in [2.75, 3.05) is 33.2 Å². The van der Waals surface area contributed by atoms with E-state index in [0.717, 1.165) is 25.9 Å². The number of nitrogens with zero attached hydrogens (tertiary/aromatic N) is 2. The molecule has 1 aliphatic heterocycles. The maximum atomic E-state index is 12.1. The van der Waals surface area contributed by atoms with Gasteiger partial charge in [-0.05, 0) is 25.9 Å². The van der Waals surface area contributed by atoms with Gasteiger partial charge in [-0.2, -0.15) is 0 Å². The van der Waals surface area contributed by atoms with Crippen LogP contribution in [0.4, 0.5) is 4.79 Å². The van der Waals surface area contributed by atoms with Crippen LogP contribution in [0.15, 0.2) is 0 Å². The van der Waals surface area contributed by atoms with E-state index in [9.17, 15) is 14.7 Å². The molecule has 1 heterocycles. The van der Waals surface area contributed by atoms with Crippen LogP contribution in [0.25, 0.3) is 0 Å². The number of carboxylic acid groups (broad SMARTS) is 1. The standard InChI is InChI=1S/C13H25N3O3/c1-4-10(2)11(12(17)18)14-13(19)16-7-5-6-15(3)8-9-16/h10-11H,4-9H2,1-3H3,(H,14,19)(H,17,18)/t10?,11-/m0/s1. The van der Waals surface area contributed by atoms with Gasteiger partial charge < -0.3 is 20.2 Å². The van der Waals surface area contributed by atoms with Crippen molar-refractivity contribution in [1.29, 1.82) is 0 Å². The second kappa shape index (κ2) is 7.33. The first kappa shape index (κ1) is 15.8. The van der Waals surface area contributed by atoms with Crippen LogP contribution >= 0.6 is 0 Å². The molecule has 0 aromatic carbocycles. The van der Waals surface area contributed by atoms with Gasteiger partial charge in [-0.25, -0.2) is 9.59 Å². The van der Waals surface area contributed by atoms with Crippen LogP contribution in [0.3, 0.4) is 0 Å². The summed E-state index contributed by atoms with van der Waals surface area (Å²) >= 11 is 0. The predicted molar refractivity (Wildman–Crippen MR) is 73.1 cm³/mol. The summed E-state index contributed by atoms with van der Waals surface area (Å²) in [5.74, 6) is -1.04. The van der Waals surface area contributed by atoms with Gasteiger partial charge in [0.25, 0.3) is 0 Å². The minimum absolute atomic E-state index is 0.0731. The van der Waals surface area contributed by atoms with Gasteiger partial charge in [-0.15, -0.1) is 0 Å². The number of carbonyl (C=O) groups is 2. The average Bonchev–Trinajstić information content (AvgIpc) is 2.59. The van der Waals surface area contributed by atoms with Gasteiger partial charge in [0.05, 0.1) is 0 Å². The maximum Gasteiger partial charge on any atom is 0.326 e. The molecule has 2 N–H and O–H groups in total. The van der Waals surface area contributed by atoms with Gasteiger partial charge in [0.1, 0.15) is 6.04 Å². The Hall–Kier alpha value is -1.30. The Bertz CT molecular complexity index is 322. The number of urea groups is 1. The fraction of sp³-hybridized carbons (Fsp3) is 0.846. The number of nitrogens with one attached hydrogen (secondary N) is 1. The number of hydrogen-bond acceptors (Lipinski definition) is 3. The van der Waals surface area contributed by atoms with E-state index in [2.05, 4.69) is 10.2 Å². The molecule has 0 bridgehead atoms. The molecule has 2 atom stereocenters. The quantitative estimate of drug-likeness (QED) is 0.794. The molecule has 1 saturated heterocycles. The molecule has 0 aliphatic carbocycles. The number of amides is 2. The van der Waals surface area contributed by atoms with E-state index in [-0.39, 0.29) is 11.9 Å². The minimum atomic E-state index is -0.963. The second-order valence-corrected chi connectivity index (χ2v) is 5.29. The van der Waals surface area contributed by atoms with Crippen molar-refractivity contribution < 1.29 is 14.7 Å². The lowest BCUT2D eigenvalue weighted by Crippen LogP contribution is -2.51. The van der Waals surface area contributed by atoms with Crippen molar-refractivity contribution in [3.05, 3.63) is 0 Å². The fourth-order valence-electron chi connectivity index (χ4n) is 2.16. The zero-order valence-corrected chi connectivity index (χ0v) is 12.1. The van der Waals surface area contributed by atoms with Crippen LogP contribution in [0.2, 0.25) is 0 Å². The van der Waals surface area contributed by atoms with Gasteiger partial charge in [0.15, 0.2) is 0 Å². The third-order valence-electron chi connectivity index (χ3n) is 3.76. The first-order valence-electron chi connectivity index (χ1n) is 6.92. The second-order valence-electron chi connectivity index (χ2n) is 5.29. The van der Waals surface area contributed by atoms with E-state index in [0.29, 0.717) is 13.1 Å². The topological polar surface area (TPSA) is 72.9 Å². The molecule has 0 saturated carbocycles. The molecular weight excluding hydrogens is 246 g/mol. The largest absolute Gasteiger partial charge is 0.480 e. The van der Waals surface area contributed by atoms with Crippen molar-refractivity contribution in [2.45, 2.75) is 32.7 Å². The Balaban J connectivity index is 2.58. The van der Waals surface area contributed by atoms with Crippen LogP contribution in [-0.4, -0.2) is 66.2 Å². The lowest BCUT2D eigenvalue weighted by atomic mass is 9.99. The molecule has 1 fully saturated rings. The third kappa shape index (κ3) is 4.70. The Morgan fingerprint density at radius 2 is 1.95 bits per heavy atom. The molecule has 2 amide bonds. The van der Waals surface area contributed by atoms with Gasteiger partial charge in [0, 0.05) is 19.6 Å². The highest BCUT2D eigenvalue weighted by atomic mass is 16.4. The summed E-state index contributed by atoms with van der Waals surface area (Å²) in [5, 5.41) is 11.8. The fourth-order valence-corrected chi connectivity index (χ4v) is 2.16. The van der Waals surface area contributed by atoms with Crippen LogP contribution in [0.1, 0.15) is 26.7 Å². The van der Waals surface area contributed by atoms with Crippen LogP contribution in [0.5, 0.6) is 0 Å². The smallest absolute Gasteiger partial charge is 0.326 e. The van der Waals surface area contributed by atoms with E-state index in [1.165, 1.54) is 0 Å². The van der Waals surface area contributed by atoms with Crippen LogP contribution in [0, 0.1) is 5.92 Å². The highest BCUT2D eigenvalue weighted by Gasteiger charge is 2.27. The molecule has 0 aromatic heterocycles. The number of carboxylic acids is 1. The van der Waals surface area contributed by atoms with Gasteiger partial charge in [-0.3, -0.25) is 0 Å². The van der Waals surface area contributed by atoms with Crippen molar-refractivity contribution in [3.8, 4) is 0 Å². The Morgan fingerprint density at radius 3 is 2.53 bits per heavy atom. The molecular formula is C13H25N3O3. The number of rotatable bonds is 4. The monoisotopic (exact) mass is 271 g/mol. The summed E-state index contributed by atoms with van der Waals surface area (Å²) in [5.41, 5.74) is 0. The highest BCUT2D eigenvalue weighted by molar-refractivity contribution is 5.82. The number of carbonyl (C=O) groups excluding carboxylic acids is 1. The Labute approximate surface area is 114 Å². The molecule has 110 valence electrons. The van der Waals surface area contributed by atoms with Gasteiger partial charge >= 0.3 is 12.0 Å². The van der Waals surface area contributed by atoms with Crippen LogP contribution in [-0.2, 0) is 4.79 Å². The number of hydrogen-bond donors (Lipinski definition) is 2. The van der Waals surface area contributed by atoms with E-state index in [1.807, 2.05) is 20.9 Å². The lowest BCUT2D eigenvalue weighted by Gasteiger charge is -2.26. The normalized spacial score (nSPS) is 20.5. The summed E-state index contributed by atoms with van der Waals surface area (Å²) in [6.07, 6.45) is 1.64. The summed E-state index contributed by atoms with van der Waals surface area (Å²) in [6.45, 7) is 6.90. The highest BCUT2D eigenvalue weighted by Crippen LogP contribution is 2.09. The molecule has 0 aromatic rings. The molecule has 1 unspecified atom stereocenters. The van der Waals surface area contributed by atoms with Crippen molar-refractivity contribution in [2.24, 2.45) is 5.92 Å². The summed E-state index contributed by atoms with van der Waals surface area (Å²) < 4.78 is 0. The van der Waals surface area contributed by atoms with Crippen molar-refractivity contribution in [3.63, 3.8) is 0 Å². The minimum Gasteiger partial charge on any atom is -0.480 e.